The molecule has 2 aromatic rings. The number of aryl methyl sites for hydroxylation is 2. The Hall–Kier alpha value is -2.34. The minimum Gasteiger partial charge on any atom is -0.349 e. The largest absolute Gasteiger partial charge is 0.349 e. The number of amides is 2. The molecule has 0 radical (unpaired) electrons. The van der Waals surface area contributed by atoms with Crippen LogP contribution in [0.25, 0.3) is 0 Å². The van der Waals surface area contributed by atoms with E-state index >= 15 is 0 Å². The molecule has 0 spiro atoms. The smallest absolute Gasteiger partial charge is 0.253 e. The van der Waals surface area contributed by atoms with E-state index in [0.717, 1.165) is 30.7 Å². The van der Waals surface area contributed by atoms with Crippen molar-refractivity contribution in [1.82, 2.24) is 20.4 Å². The molecule has 6 nitrogen and oxygen atoms in total. The highest BCUT2D eigenvalue weighted by Gasteiger charge is 2.26. The SMILES string of the molecule is CC(C)[C@@H](NC(=O)c1ccccc1Cl)C(=O)NCc1c2c(nn1C)CCCC2. The Kier molecular flexibility index (Phi) is 6.39. The summed E-state index contributed by atoms with van der Waals surface area (Å²) in [7, 11) is 1.92. The van der Waals surface area contributed by atoms with Crippen molar-refractivity contribution in [2.75, 3.05) is 0 Å². The summed E-state index contributed by atoms with van der Waals surface area (Å²) in [5, 5.41) is 10.8. The third-order valence-electron chi connectivity index (χ3n) is 5.23. The number of carbonyl (C=O) groups excluding carboxylic acids is 2. The number of carbonyl (C=O) groups is 2. The van der Waals surface area contributed by atoms with Gasteiger partial charge in [-0.1, -0.05) is 37.6 Å². The Morgan fingerprint density at radius 1 is 1.21 bits per heavy atom. The van der Waals surface area contributed by atoms with Crippen LogP contribution in [0.5, 0.6) is 0 Å². The normalized spacial score (nSPS) is 14.5. The van der Waals surface area contributed by atoms with Gasteiger partial charge in [-0.05, 0) is 49.3 Å². The molecule has 0 saturated heterocycles. The van der Waals surface area contributed by atoms with Crippen molar-refractivity contribution in [2.24, 2.45) is 13.0 Å². The summed E-state index contributed by atoms with van der Waals surface area (Å²) in [5.41, 5.74) is 3.81. The fourth-order valence-corrected chi connectivity index (χ4v) is 3.87. The van der Waals surface area contributed by atoms with E-state index in [-0.39, 0.29) is 17.7 Å². The summed E-state index contributed by atoms with van der Waals surface area (Å²) >= 11 is 6.10. The number of fused-ring (bicyclic) bond motifs is 1. The van der Waals surface area contributed by atoms with Crippen LogP contribution in [0.4, 0.5) is 0 Å². The monoisotopic (exact) mass is 402 g/mol. The van der Waals surface area contributed by atoms with Gasteiger partial charge >= 0.3 is 0 Å². The topological polar surface area (TPSA) is 76.0 Å². The third-order valence-corrected chi connectivity index (χ3v) is 5.56. The molecular weight excluding hydrogens is 376 g/mol. The number of nitrogens with zero attached hydrogens (tertiary/aromatic N) is 2. The van der Waals surface area contributed by atoms with Gasteiger partial charge in [0, 0.05) is 7.05 Å². The lowest BCUT2D eigenvalue weighted by atomic mass is 9.96. The predicted octanol–water partition coefficient (Wildman–Crippen LogP) is 3.02. The molecule has 1 aromatic heterocycles. The Morgan fingerprint density at radius 2 is 1.93 bits per heavy atom. The van der Waals surface area contributed by atoms with Gasteiger partial charge in [0.25, 0.3) is 5.91 Å². The van der Waals surface area contributed by atoms with Crippen LogP contribution in [-0.4, -0.2) is 27.6 Å². The van der Waals surface area contributed by atoms with Crippen LogP contribution < -0.4 is 10.6 Å². The molecule has 0 aliphatic heterocycles. The van der Waals surface area contributed by atoms with E-state index in [2.05, 4.69) is 15.7 Å². The fraction of sp³-hybridized carbons (Fsp3) is 0.476. The summed E-state index contributed by atoms with van der Waals surface area (Å²) < 4.78 is 1.86. The second-order valence-corrected chi connectivity index (χ2v) is 8.00. The van der Waals surface area contributed by atoms with Crippen molar-refractivity contribution in [3.8, 4) is 0 Å². The number of halogens is 1. The number of rotatable bonds is 6. The molecule has 1 aromatic carbocycles. The molecule has 0 unspecified atom stereocenters. The highest BCUT2D eigenvalue weighted by molar-refractivity contribution is 6.33. The fourth-order valence-electron chi connectivity index (χ4n) is 3.65. The molecule has 150 valence electrons. The lowest BCUT2D eigenvalue weighted by molar-refractivity contribution is -0.124. The Bertz CT molecular complexity index is 875. The first-order valence-electron chi connectivity index (χ1n) is 9.75. The van der Waals surface area contributed by atoms with Gasteiger partial charge < -0.3 is 10.6 Å². The minimum atomic E-state index is -0.646. The number of nitrogens with one attached hydrogen (secondary N) is 2. The zero-order valence-electron chi connectivity index (χ0n) is 16.6. The lowest BCUT2D eigenvalue weighted by Crippen LogP contribution is -2.49. The summed E-state index contributed by atoms with van der Waals surface area (Å²) in [6.07, 6.45) is 4.33. The average molecular weight is 403 g/mol. The summed E-state index contributed by atoms with van der Waals surface area (Å²) in [5.74, 6) is -0.620. The first-order valence-corrected chi connectivity index (χ1v) is 10.1. The number of benzene rings is 1. The van der Waals surface area contributed by atoms with E-state index in [0.29, 0.717) is 17.1 Å². The molecule has 7 heteroatoms. The van der Waals surface area contributed by atoms with Gasteiger partial charge in [0.05, 0.1) is 28.5 Å². The molecule has 0 fully saturated rings. The van der Waals surface area contributed by atoms with E-state index in [1.165, 1.54) is 12.0 Å². The zero-order chi connectivity index (χ0) is 20.3. The molecule has 2 amide bonds. The molecule has 1 heterocycles. The maximum Gasteiger partial charge on any atom is 0.253 e. The van der Waals surface area contributed by atoms with Crippen molar-refractivity contribution in [2.45, 2.75) is 52.1 Å². The van der Waals surface area contributed by atoms with Crippen LogP contribution in [-0.2, 0) is 31.2 Å². The third kappa shape index (κ3) is 4.38. The maximum atomic E-state index is 12.8. The van der Waals surface area contributed by atoms with E-state index < -0.39 is 6.04 Å². The van der Waals surface area contributed by atoms with E-state index in [9.17, 15) is 9.59 Å². The van der Waals surface area contributed by atoms with Gasteiger partial charge in [0.15, 0.2) is 0 Å². The van der Waals surface area contributed by atoms with Crippen LogP contribution in [0, 0.1) is 5.92 Å². The molecule has 0 bridgehead atoms. The van der Waals surface area contributed by atoms with Crippen LogP contribution in [0.3, 0.4) is 0 Å². The lowest BCUT2D eigenvalue weighted by Gasteiger charge is -2.22. The van der Waals surface area contributed by atoms with Gasteiger partial charge in [0.2, 0.25) is 5.91 Å². The summed E-state index contributed by atoms with van der Waals surface area (Å²) in [4.78, 5) is 25.4. The molecule has 0 saturated carbocycles. The molecule has 1 aliphatic carbocycles. The van der Waals surface area contributed by atoms with Crippen molar-refractivity contribution in [3.05, 3.63) is 51.8 Å². The number of hydrogen-bond donors (Lipinski definition) is 2. The maximum absolute atomic E-state index is 12.8. The quantitative estimate of drug-likeness (QED) is 0.779. The number of hydrogen-bond acceptors (Lipinski definition) is 3. The number of aromatic nitrogens is 2. The standard InChI is InChI=1S/C21H27ClN4O2/c1-13(2)19(24-20(27)14-8-4-6-10-16(14)22)21(28)23-12-18-15-9-5-7-11-17(15)25-26(18)3/h4,6,8,10,13,19H,5,7,9,11-12H2,1-3H3,(H,23,28)(H,24,27)/t19-/m1/s1. The summed E-state index contributed by atoms with van der Waals surface area (Å²) in [6, 6.07) is 6.17. The van der Waals surface area contributed by atoms with E-state index in [4.69, 9.17) is 11.6 Å². The summed E-state index contributed by atoms with van der Waals surface area (Å²) in [6.45, 7) is 4.22. The first kappa shape index (κ1) is 20.4. The van der Waals surface area contributed by atoms with Crippen molar-refractivity contribution < 1.29 is 9.59 Å². The Morgan fingerprint density at radius 3 is 2.64 bits per heavy atom. The second kappa shape index (κ2) is 8.78. The first-order chi connectivity index (χ1) is 13.4. The minimum absolute atomic E-state index is 0.0631. The molecule has 3 rings (SSSR count). The van der Waals surface area contributed by atoms with E-state index in [1.54, 1.807) is 24.3 Å². The van der Waals surface area contributed by atoms with Crippen molar-refractivity contribution in [3.63, 3.8) is 0 Å². The van der Waals surface area contributed by atoms with E-state index in [1.807, 2.05) is 25.6 Å². The van der Waals surface area contributed by atoms with Gasteiger partial charge in [0.1, 0.15) is 6.04 Å². The van der Waals surface area contributed by atoms with Crippen LogP contribution in [0.2, 0.25) is 5.02 Å². The van der Waals surface area contributed by atoms with Crippen molar-refractivity contribution in [1.29, 1.82) is 0 Å². The van der Waals surface area contributed by atoms with Gasteiger partial charge in [-0.25, -0.2) is 0 Å². The van der Waals surface area contributed by atoms with Crippen LogP contribution in [0.1, 0.15) is 54.0 Å². The predicted molar refractivity (Wildman–Crippen MR) is 109 cm³/mol. The molecule has 28 heavy (non-hydrogen) atoms. The molecule has 1 atom stereocenters. The van der Waals surface area contributed by atoms with Gasteiger partial charge in [-0.2, -0.15) is 5.10 Å². The molecular formula is C21H27ClN4O2. The zero-order valence-corrected chi connectivity index (χ0v) is 17.3. The van der Waals surface area contributed by atoms with Crippen LogP contribution in [0.15, 0.2) is 24.3 Å². The van der Waals surface area contributed by atoms with Gasteiger partial charge in [-0.15, -0.1) is 0 Å². The molecule has 2 N–H and O–H groups in total. The second-order valence-electron chi connectivity index (χ2n) is 7.60. The molecule has 1 aliphatic rings. The van der Waals surface area contributed by atoms with Crippen LogP contribution >= 0.6 is 11.6 Å². The highest BCUT2D eigenvalue weighted by atomic mass is 35.5. The van der Waals surface area contributed by atoms with Crippen molar-refractivity contribution >= 4 is 23.4 Å². The Labute approximate surface area is 170 Å². The average Bonchev–Trinajstić information content (AvgIpc) is 2.99. The highest BCUT2D eigenvalue weighted by Crippen LogP contribution is 2.23. The van der Waals surface area contributed by atoms with Gasteiger partial charge in [-0.3, -0.25) is 14.3 Å². The Balaban J connectivity index is 1.68.